The molecule has 0 spiro atoms. The molecule has 1 N–H and O–H groups in total. The van der Waals surface area contributed by atoms with Crippen molar-refractivity contribution in [1.29, 1.82) is 0 Å². The van der Waals surface area contributed by atoms with Gasteiger partial charge in [0.15, 0.2) is 0 Å². The number of hydrogen-bond acceptors (Lipinski definition) is 4. The average Bonchev–Trinajstić information content (AvgIpc) is 2.72. The maximum absolute atomic E-state index is 13.0. The van der Waals surface area contributed by atoms with Crippen LogP contribution in [0.25, 0.3) is 0 Å². The number of rotatable bonds is 4. The van der Waals surface area contributed by atoms with Crippen LogP contribution in [0.1, 0.15) is 39.2 Å². The molecule has 0 unspecified atom stereocenters. The Balaban J connectivity index is 1.66. The second kappa shape index (κ2) is 8.51. The lowest BCUT2D eigenvalue weighted by Crippen LogP contribution is -2.53. The van der Waals surface area contributed by atoms with Gasteiger partial charge in [0.2, 0.25) is 15.9 Å². The lowest BCUT2D eigenvalue weighted by atomic mass is 9.82. The third-order valence-electron chi connectivity index (χ3n) is 5.98. The Bertz CT molecular complexity index is 923. The molecule has 1 amide bonds. The van der Waals surface area contributed by atoms with Gasteiger partial charge in [-0.3, -0.25) is 9.59 Å². The van der Waals surface area contributed by atoms with Crippen LogP contribution in [0, 0.1) is 11.8 Å². The van der Waals surface area contributed by atoms with E-state index in [4.69, 9.17) is 0 Å². The average molecular weight is 435 g/mol. The number of sulfonamides is 1. The standard InChI is InChI=1S/C22H30N2O5S/c1-22(2,3)16-8-10-17(11-9-16)30(28,29)24-14-12-23(13-15-24)20(25)18-6-4-5-7-19(18)21(26)27/h4-5,8-11,18-19H,6-7,12-15H2,1-3H3,(H,26,27)/t18-,19-/m1/s1. The van der Waals surface area contributed by atoms with E-state index in [-0.39, 0.29) is 42.4 Å². The van der Waals surface area contributed by atoms with Crippen molar-refractivity contribution in [1.82, 2.24) is 9.21 Å². The largest absolute Gasteiger partial charge is 0.481 e. The summed E-state index contributed by atoms with van der Waals surface area (Å²) in [6.45, 7) is 7.16. The minimum atomic E-state index is -3.63. The van der Waals surface area contributed by atoms with Gasteiger partial charge in [0.1, 0.15) is 0 Å². The number of piperazine rings is 1. The van der Waals surface area contributed by atoms with E-state index in [2.05, 4.69) is 20.8 Å². The zero-order valence-electron chi connectivity index (χ0n) is 17.7. The highest BCUT2D eigenvalue weighted by Crippen LogP contribution is 2.29. The third kappa shape index (κ3) is 4.59. The van der Waals surface area contributed by atoms with Gasteiger partial charge in [-0.2, -0.15) is 4.31 Å². The van der Waals surface area contributed by atoms with Crippen molar-refractivity contribution in [2.45, 2.75) is 43.9 Å². The van der Waals surface area contributed by atoms with E-state index >= 15 is 0 Å². The number of allylic oxidation sites excluding steroid dienone is 2. The third-order valence-corrected chi connectivity index (χ3v) is 7.89. The predicted molar refractivity (Wildman–Crippen MR) is 113 cm³/mol. The molecule has 0 saturated carbocycles. The first kappa shape index (κ1) is 22.5. The van der Waals surface area contributed by atoms with Crippen LogP contribution in [0.3, 0.4) is 0 Å². The number of carbonyl (C=O) groups is 2. The molecule has 1 saturated heterocycles. The van der Waals surface area contributed by atoms with Gasteiger partial charge < -0.3 is 10.0 Å². The van der Waals surface area contributed by atoms with Crippen molar-refractivity contribution in [3.8, 4) is 0 Å². The summed E-state index contributed by atoms with van der Waals surface area (Å²) in [7, 11) is -3.63. The highest BCUT2D eigenvalue weighted by molar-refractivity contribution is 7.89. The zero-order valence-corrected chi connectivity index (χ0v) is 18.6. The number of carboxylic acids is 1. The van der Waals surface area contributed by atoms with E-state index in [1.807, 2.05) is 18.2 Å². The van der Waals surface area contributed by atoms with Gasteiger partial charge in [-0.15, -0.1) is 0 Å². The first-order valence-corrected chi connectivity index (χ1v) is 11.7. The van der Waals surface area contributed by atoms with Crippen LogP contribution in [-0.2, 0) is 25.0 Å². The van der Waals surface area contributed by atoms with Crippen molar-refractivity contribution in [2.24, 2.45) is 11.8 Å². The fourth-order valence-electron chi connectivity index (χ4n) is 4.02. The molecular weight excluding hydrogens is 404 g/mol. The van der Waals surface area contributed by atoms with Gasteiger partial charge in [-0.05, 0) is 36.0 Å². The minimum Gasteiger partial charge on any atom is -0.481 e. The Morgan fingerprint density at radius 2 is 1.47 bits per heavy atom. The Kier molecular flexibility index (Phi) is 6.38. The monoisotopic (exact) mass is 434 g/mol. The Morgan fingerprint density at radius 1 is 0.933 bits per heavy atom. The molecule has 1 aliphatic heterocycles. The smallest absolute Gasteiger partial charge is 0.307 e. The molecule has 2 aliphatic rings. The lowest BCUT2D eigenvalue weighted by molar-refractivity contribution is -0.151. The van der Waals surface area contributed by atoms with E-state index in [1.165, 1.54) is 4.31 Å². The number of hydrogen-bond donors (Lipinski definition) is 1. The maximum atomic E-state index is 13.0. The number of amides is 1. The summed E-state index contributed by atoms with van der Waals surface area (Å²) in [5.74, 6) is -2.46. The van der Waals surface area contributed by atoms with Crippen LogP contribution in [0.4, 0.5) is 0 Å². The zero-order chi connectivity index (χ0) is 22.1. The van der Waals surface area contributed by atoms with Crippen molar-refractivity contribution in [3.63, 3.8) is 0 Å². The predicted octanol–water partition coefficient (Wildman–Crippen LogP) is 2.48. The molecule has 164 valence electrons. The summed E-state index contributed by atoms with van der Waals surface area (Å²) in [6, 6.07) is 6.96. The fourth-order valence-corrected chi connectivity index (χ4v) is 5.44. The summed E-state index contributed by atoms with van der Waals surface area (Å²) < 4.78 is 27.4. The van der Waals surface area contributed by atoms with Crippen molar-refractivity contribution in [2.75, 3.05) is 26.2 Å². The summed E-state index contributed by atoms with van der Waals surface area (Å²) in [5.41, 5.74) is 1.00. The molecule has 7 nitrogen and oxygen atoms in total. The van der Waals surface area contributed by atoms with Crippen LogP contribution in [0.2, 0.25) is 0 Å². The number of carbonyl (C=O) groups excluding carboxylic acids is 1. The first-order valence-electron chi connectivity index (χ1n) is 10.3. The fraction of sp³-hybridized carbons (Fsp3) is 0.545. The van der Waals surface area contributed by atoms with Crippen LogP contribution >= 0.6 is 0 Å². The van der Waals surface area contributed by atoms with Crippen molar-refractivity contribution in [3.05, 3.63) is 42.0 Å². The van der Waals surface area contributed by atoms with Crippen molar-refractivity contribution < 1.29 is 23.1 Å². The SMILES string of the molecule is CC(C)(C)c1ccc(S(=O)(=O)N2CCN(C(=O)[C@@H]3CC=CC[C@H]3C(=O)O)CC2)cc1. The van der Waals surface area contributed by atoms with Crippen LogP contribution in [0.5, 0.6) is 0 Å². The molecule has 1 aromatic carbocycles. The molecule has 3 rings (SSSR count). The second-order valence-corrected chi connectivity index (χ2v) is 10.9. The van der Waals surface area contributed by atoms with Gasteiger partial charge in [0.25, 0.3) is 0 Å². The second-order valence-electron chi connectivity index (χ2n) is 9.00. The normalized spacial score (nSPS) is 23.4. The van der Waals surface area contributed by atoms with Crippen molar-refractivity contribution >= 4 is 21.9 Å². The number of nitrogens with zero attached hydrogens (tertiary/aromatic N) is 2. The van der Waals surface area contributed by atoms with E-state index in [0.29, 0.717) is 12.8 Å². The molecular formula is C22H30N2O5S. The first-order chi connectivity index (χ1) is 14.0. The summed E-state index contributed by atoms with van der Waals surface area (Å²) in [6.07, 6.45) is 4.42. The molecule has 0 bridgehead atoms. The van der Waals surface area contributed by atoms with Gasteiger partial charge in [-0.1, -0.05) is 45.1 Å². The van der Waals surface area contributed by atoms with Gasteiger partial charge in [-0.25, -0.2) is 8.42 Å². The Morgan fingerprint density at radius 3 is 1.97 bits per heavy atom. The van der Waals surface area contributed by atoms with E-state index in [1.54, 1.807) is 23.1 Å². The van der Waals surface area contributed by atoms with E-state index in [9.17, 15) is 23.1 Å². The van der Waals surface area contributed by atoms with Gasteiger partial charge >= 0.3 is 5.97 Å². The molecule has 0 radical (unpaired) electrons. The Labute approximate surface area is 178 Å². The number of benzene rings is 1. The number of aliphatic carboxylic acids is 1. The van der Waals surface area contributed by atoms with Gasteiger partial charge in [0, 0.05) is 26.2 Å². The molecule has 1 aromatic rings. The Hall–Kier alpha value is -2.19. The van der Waals surface area contributed by atoms with E-state index in [0.717, 1.165) is 5.56 Å². The quantitative estimate of drug-likeness (QED) is 0.735. The van der Waals surface area contributed by atoms with Crippen LogP contribution in [0.15, 0.2) is 41.3 Å². The topological polar surface area (TPSA) is 95.0 Å². The molecule has 8 heteroatoms. The van der Waals surface area contributed by atoms with Crippen LogP contribution in [-0.4, -0.2) is 60.8 Å². The summed E-state index contributed by atoms with van der Waals surface area (Å²) >= 11 is 0. The molecule has 2 atom stereocenters. The highest BCUT2D eigenvalue weighted by atomic mass is 32.2. The maximum Gasteiger partial charge on any atom is 0.307 e. The molecule has 1 fully saturated rings. The van der Waals surface area contributed by atoms with Crippen LogP contribution < -0.4 is 0 Å². The molecule has 1 aliphatic carbocycles. The van der Waals surface area contributed by atoms with E-state index < -0.39 is 27.8 Å². The molecule has 0 aromatic heterocycles. The van der Waals surface area contributed by atoms with Gasteiger partial charge in [0.05, 0.1) is 16.7 Å². The molecule has 30 heavy (non-hydrogen) atoms. The lowest BCUT2D eigenvalue weighted by Gasteiger charge is -2.37. The molecule has 1 heterocycles. The summed E-state index contributed by atoms with van der Waals surface area (Å²) in [4.78, 5) is 26.2. The minimum absolute atomic E-state index is 0.0591. The number of carboxylic acid groups (broad SMARTS) is 1. The summed E-state index contributed by atoms with van der Waals surface area (Å²) in [5, 5.41) is 9.41. The highest BCUT2D eigenvalue weighted by Gasteiger charge is 2.38.